The van der Waals surface area contributed by atoms with Crippen LogP contribution in [-0.4, -0.2) is 15.0 Å². The van der Waals surface area contributed by atoms with Crippen LogP contribution in [0.25, 0.3) is 16.7 Å². The van der Waals surface area contributed by atoms with Crippen molar-refractivity contribution in [1.29, 1.82) is 0 Å². The van der Waals surface area contributed by atoms with E-state index in [1.54, 1.807) is 0 Å². The summed E-state index contributed by atoms with van der Waals surface area (Å²) in [6.07, 6.45) is 0. The molecule has 17 heavy (non-hydrogen) atoms. The Balaban J connectivity index is 2.27. The van der Waals surface area contributed by atoms with Crippen molar-refractivity contribution in [3.05, 3.63) is 54.1 Å². The third-order valence-corrected chi connectivity index (χ3v) is 3.00. The zero-order chi connectivity index (χ0) is 11.7. The monoisotopic (exact) mass is 243 g/mol. The topological polar surface area (TPSA) is 30.7 Å². The van der Waals surface area contributed by atoms with Crippen molar-refractivity contribution in [2.24, 2.45) is 0 Å². The number of nitrogens with zero attached hydrogens (tertiary/aromatic N) is 3. The molecule has 3 aromatic rings. The molecule has 0 aliphatic heterocycles. The second kappa shape index (κ2) is 4.18. The van der Waals surface area contributed by atoms with Gasteiger partial charge in [-0.3, -0.25) is 0 Å². The lowest BCUT2D eigenvalue weighted by atomic mass is 10.2. The van der Waals surface area contributed by atoms with E-state index in [1.165, 1.54) is 0 Å². The fraction of sp³-hybridized carbons (Fsp3) is 0.0769. The summed E-state index contributed by atoms with van der Waals surface area (Å²) < 4.78 is 1.83. The minimum absolute atomic E-state index is 0.463. The van der Waals surface area contributed by atoms with E-state index >= 15 is 0 Å². The standard InChI is InChI=1S/C13H10ClN3/c14-9-10-5-1-3-7-12(10)17-13-8-4-2-6-11(13)15-16-17/h1-8H,9H2. The van der Waals surface area contributed by atoms with E-state index in [-0.39, 0.29) is 0 Å². The van der Waals surface area contributed by atoms with E-state index in [1.807, 2.05) is 53.2 Å². The summed E-state index contributed by atoms with van der Waals surface area (Å²) in [5.41, 5.74) is 3.91. The quantitative estimate of drug-likeness (QED) is 0.648. The van der Waals surface area contributed by atoms with Crippen molar-refractivity contribution in [2.45, 2.75) is 5.88 Å². The largest absolute Gasteiger partial charge is 0.213 e. The number of hydrogen-bond donors (Lipinski definition) is 0. The van der Waals surface area contributed by atoms with E-state index in [2.05, 4.69) is 10.3 Å². The molecule has 0 spiro atoms. The molecule has 0 aliphatic carbocycles. The van der Waals surface area contributed by atoms with Gasteiger partial charge in [-0.05, 0) is 23.8 Å². The summed E-state index contributed by atoms with van der Waals surface area (Å²) in [5, 5.41) is 8.32. The maximum absolute atomic E-state index is 5.94. The number of alkyl halides is 1. The van der Waals surface area contributed by atoms with Gasteiger partial charge in [0.15, 0.2) is 0 Å². The van der Waals surface area contributed by atoms with Crippen LogP contribution in [0.1, 0.15) is 5.56 Å². The Kier molecular flexibility index (Phi) is 2.53. The Bertz CT molecular complexity index is 660. The van der Waals surface area contributed by atoms with Crippen molar-refractivity contribution in [2.75, 3.05) is 0 Å². The third kappa shape index (κ3) is 1.68. The van der Waals surface area contributed by atoms with Crippen molar-refractivity contribution < 1.29 is 0 Å². The highest BCUT2D eigenvalue weighted by Gasteiger charge is 2.08. The second-order valence-electron chi connectivity index (χ2n) is 3.75. The molecule has 1 aromatic heterocycles. The third-order valence-electron chi connectivity index (χ3n) is 2.72. The zero-order valence-electron chi connectivity index (χ0n) is 9.05. The molecule has 3 nitrogen and oxygen atoms in total. The lowest BCUT2D eigenvalue weighted by Crippen LogP contribution is -2.00. The van der Waals surface area contributed by atoms with Crippen LogP contribution >= 0.6 is 11.6 Å². The van der Waals surface area contributed by atoms with Crippen LogP contribution in [0.5, 0.6) is 0 Å². The Morgan fingerprint density at radius 3 is 2.65 bits per heavy atom. The average Bonchev–Trinajstić information content (AvgIpc) is 2.82. The lowest BCUT2D eigenvalue weighted by molar-refractivity contribution is 0.818. The molecule has 0 fully saturated rings. The maximum atomic E-state index is 5.94. The Labute approximate surface area is 104 Å². The molecular weight excluding hydrogens is 234 g/mol. The average molecular weight is 244 g/mol. The summed E-state index contributed by atoms with van der Waals surface area (Å²) in [6.45, 7) is 0. The van der Waals surface area contributed by atoms with Gasteiger partial charge in [-0.25, -0.2) is 4.68 Å². The molecule has 2 aromatic carbocycles. The highest BCUT2D eigenvalue weighted by Crippen LogP contribution is 2.20. The zero-order valence-corrected chi connectivity index (χ0v) is 9.80. The minimum Gasteiger partial charge on any atom is -0.213 e. The van der Waals surface area contributed by atoms with Crippen molar-refractivity contribution in [3.8, 4) is 5.69 Å². The summed E-state index contributed by atoms with van der Waals surface area (Å²) in [7, 11) is 0. The molecule has 3 rings (SSSR count). The van der Waals surface area contributed by atoms with E-state index < -0.39 is 0 Å². The van der Waals surface area contributed by atoms with Crippen molar-refractivity contribution in [1.82, 2.24) is 15.0 Å². The van der Waals surface area contributed by atoms with Crippen LogP contribution in [0.2, 0.25) is 0 Å². The molecule has 0 saturated carbocycles. The Morgan fingerprint density at radius 1 is 1.00 bits per heavy atom. The fourth-order valence-electron chi connectivity index (χ4n) is 1.88. The van der Waals surface area contributed by atoms with Crippen LogP contribution < -0.4 is 0 Å². The molecule has 84 valence electrons. The molecule has 0 radical (unpaired) electrons. The lowest BCUT2D eigenvalue weighted by Gasteiger charge is -2.06. The number of halogens is 1. The molecule has 0 saturated heterocycles. The number of para-hydroxylation sites is 2. The van der Waals surface area contributed by atoms with Gasteiger partial charge in [-0.15, -0.1) is 16.7 Å². The molecule has 0 N–H and O–H groups in total. The summed E-state index contributed by atoms with van der Waals surface area (Å²) in [5.74, 6) is 0.463. The second-order valence-corrected chi connectivity index (χ2v) is 4.02. The smallest absolute Gasteiger partial charge is 0.113 e. The first kappa shape index (κ1) is 10.3. The van der Waals surface area contributed by atoms with Crippen LogP contribution in [0.15, 0.2) is 48.5 Å². The van der Waals surface area contributed by atoms with Gasteiger partial charge in [0, 0.05) is 5.88 Å². The van der Waals surface area contributed by atoms with E-state index in [9.17, 15) is 0 Å². The molecule has 0 aliphatic rings. The normalized spacial score (nSPS) is 10.9. The van der Waals surface area contributed by atoms with Gasteiger partial charge >= 0.3 is 0 Å². The summed E-state index contributed by atoms with van der Waals surface area (Å²) >= 11 is 5.94. The molecular formula is C13H10ClN3. The maximum Gasteiger partial charge on any atom is 0.113 e. The van der Waals surface area contributed by atoms with Gasteiger partial charge in [0.1, 0.15) is 5.52 Å². The number of aromatic nitrogens is 3. The van der Waals surface area contributed by atoms with Gasteiger partial charge < -0.3 is 0 Å². The number of fused-ring (bicyclic) bond motifs is 1. The van der Waals surface area contributed by atoms with E-state index in [4.69, 9.17) is 11.6 Å². The Hall–Kier alpha value is -1.87. The fourth-order valence-corrected chi connectivity index (χ4v) is 2.10. The molecule has 4 heteroatoms. The van der Waals surface area contributed by atoms with Crippen LogP contribution in [0.4, 0.5) is 0 Å². The first-order valence-electron chi connectivity index (χ1n) is 5.35. The molecule has 0 atom stereocenters. The van der Waals surface area contributed by atoms with Gasteiger partial charge in [0.25, 0.3) is 0 Å². The number of hydrogen-bond acceptors (Lipinski definition) is 2. The Morgan fingerprint density at radius 2 is 1.76 bits per heavy atom. The minimum atomic E-state index is 0.463. The van der Waals surface area contributed by atoms with Gasteiger partial charge in [-0.2, -0.15) is 0 Å². The van der Waals surface area contributed by atoms with Crippen molar-refractivity contribution >= 4 is 22.6 Å². The first-order chi connectivity index (χ1) is 8.40. The van der Waals surface area contributed by atoms with Crippen molar-refractivity contribution in [3.63, 3.8) is 0 Å². The van der Waals surface area contributed by atoms with Gasteiger partial charge in [-0.1, -0.05) is 35.5 Å². The van der Waals surface area contributed by atoms with Crippen LogP contribution in [0.3, 0.4) is 0 Å². The van der Waals surface area contributed by atoms with E-state index in [0.717, 1.165) is 22.3 Å². The molecule has 0 bridgehead atoms. The van der Waals surface area contributed by atoms with Crippen LogP contribution in [-0.2, 0) is 5.88 Å². The van der Waals surface area contributed by atoms with E-state index in [0.29, 0.717) is 5.88 Å². The number of benzene rings is 2. The van der Waals surface area contributed by atoms with Crippen LogP contribution in [0, 0.1) is 0 Å². The molecule has 1 heterocycles. The first-order valence-corrected chi connectivity index (χ1v) is 5.88. The van der Waals surface area contributed by atoms with Gasteiger partial charge in [0.05, 0.1) is 11.2 Å². The highest BCUT2D eigenvalue weighted by molar-refractivity contribution is 6.17. The summed E-state index contributed by atoms with van der Waals surface area (Å²) in [4.78, 5) is 0. The summed E-state index contributed by atoms with van der Waals surface area (Å²) in [6, 6.07) is 15.8. The molecule has 0 unspecified atom stereocenters. The SMILES string of the molecule is ClCc1ccccc1-n1nnc2ccccc21. The highest BCUT2D eigenvalue weighted by atomic mass is 35.5. The predicted molar refractivity (Wildman–Crippen MR) is 68.4 cm³/mol. The van der Waals surface area contributed by atoms with Gasteiger partial charge in [0.2, 0.25) is 0 Å². The number of rotatable bonds is 2. The molecule has 0 amide bonds. The predicted octanol–water partition coefficient (Wildman–Crippen LogP) is 3.16.